The number of para-hydroxylation sites is 1. The number of fused-ring (bicyclic) bond motifs is 2. The molecule has 2 aliphatic heterocycles. The predicted octanol–water partition coefficient (Wildman–Crippen LogP) is 4.13. The molecule has 0 radical (unpaired) electrons. The number of benzene rings is 2. The summed E-state index contributed by atoms with van der Waals surface area (Å²) in [4.78, 5) is 0. The van der Waals surface area contributed by atoms with Crippen LogP contribution in [0.2, 0.25) is 0 Å². The molecule has 4 rings (SSSR count). The minimum atomic E-state index is -2.04. The van der Waals surface area contributed by atoms with Gasteiger partial charge in [-0.1, -0.05) is 42.5 Å². The van der Waals surface area contributed by atoms with Crippen LogP contribution in [0, 0.1) is 57.2 Å². The Kier molecular flexibility index (Phi) is 4.51. The molecule has 2 aliphatic rings. The second-order valence-electron chi connectivity index (χ2n) is 7.93. The number of hydrogen-bond donors (Lipinski definition) is 1. The summed E-state index contributed by atoms with van der Waals surface area (Å²) < 4.78 is 17.7. The molecule has 1 N–H and O–H groups in total. The van der Waals surface area contributed by atoms with Crippen LogP contribution in [0.4, 0.5) is 0 Å². The van der Waals surface area contributed by atoms with Crippen LogP contribution in [-0.4, -0.2) is 18.8 Å². The van der Waals surface area contributed by atoms with Crippen molar-refractivity contribution in [2.75, 3.05) is 7.11 Å². The first-order valence-electron chi connectivity index (χ1n) is 9.73. The zero-order chi connectivity index (χ0) is 22.4. The van der Waals surface area contributed by atoms with E-state index in [1.54, 1.807) is 43.3 Å². The van der Waals surface area contributed by atoms with Gasteiger partial charge < -0.3 is 14.2 Å². The molecule has 0 aromatic heterocycles. The molecule has 2 aromatic rings. The van der Waals surface area contributed by atoms with Gasteiger partial charge in [-0.15, -0.1) is 0 Å². The molecule has 31 heavy (non-hydrogen) atoms. The Balaban J connectivity index is 2.08. The maximum absolute atomic E-state index is 10.5. The van der Waals surface area contributed by atoms with E-state index in [4.69, 9.17) is 19.6 Å². The standard InChI is InChI=1S/C24H20N4O3/c1-15-8-4-5-9-16(15)20-23(12-25,13-26)24(14-27)19(22(2,30-20)31-21(24)28)17-10-6-7-11-18(17)29-3/h4-11,19-20,28H,1-3H3. The molecule has 2 aromatic carbocycles. The highest BCUT2D eigenvalue weighted by molar-refractivity contribution is 5.90. The number of nitrogens with one attached hydrogen (secondary N) is 1. The van der Waals surface area contributed by atoms with E-state index in [9.17, 15) is 15.8 Å². The molecule has 4 unspecified atom stereocenters. The van der Waals surface area contributed by atoms with E-state index in [1.165, 1.54) is 7.11 Å². The van der Waals surface area contributed by atoms with E-state index in [2.05, 4.69) is 18.2 Å². The van der Waals surface area contributed by atoms with Gasteiger partial charge in [0.15, 0.2) is 5.41 Å². The largest absolute Gasteiger partial charge is 0.496 e. The first kappa shape index (κ1) is 20.4. The molecule has 2 heterocycles. The third-order valence-corrected chi connectivity index (χ3v) is 6.44. The number of aryl methyl sites for hydroxylation is 1. The lowest BCUT2D eigenvalue weighted by Crippen LogP contribution is -2.57. The summed E-state index contributed by atoms with van der Waals surface area (Å²) in [6.45, 7) is 3.49. The van der Waals surface area contributed by atoms with Gasteiger partial charge in [0.05, 0.1) is 31.2 Å². The summed E-state index contributed by atoms with van der Waals surface area (Å²) in [5.41, 5.74) is -2.00. The van der Waals surface area contributed by atoms with Gasteiger partial charge in [0.1, 0.15) is 11.9 Å². The van der Waals surface area contributed by atoms with Crippen LogP contribution in [0.15, 0.2) is 48.5 Å². The molecule has 7 heteroatoms. The quantitative estimate of drug-likeness (QED) is 0.809. The number of hydrogen-bond acceptors (Lipinski definition) is 7. The zero-order valence-corrected chi connectivity index (χ0v) is 17.3. The van der Waals surface area contributed by atoms with E-state index in [0.29, 0.717) is 16.9 Å². The normalized spacial score (nSPS) is 30.4. The lowest BCUT2D eigenvalue weighted by molar-refractivity contribution is -0.253. The zero-order valence-electron chi connectivity index (χ0n) is 17.3. The fourth-order valence-electron chi connectivity index (χ4n) is 5.01. The summed E-state index contributed by atoms with van der Waals surface area (Å²) >= 11 is 0. The van der Waals surface area contributed by atoms with Crippen molar-refractivity contribution in [3.8, 4) is 24.0 Å². The molecule has 2 bridgehead atoms. The van der Waals surface area contributed by atoms with Crippen molar-refractivity contribution < 1.29 is 14.2 Å². The Bertz CT molecular complexity index is 1190. The van der Waals surface area contributed by atoms with Gasteiger partial charge in [-0.3, -0.25) is 5.41 Å². The topological polar surface area (TPSA) is 123 Å². The van der Waals surface area contributed by atoms with E-state index < -0.39 is 34.5 Å². The van der Waals surface area contributed by atoms with Crippen molar-refractivity contribution in [3.63, 3.8) is 0 Å². The number of ether oxygens (including phenoxy) is 3. The fraction of sp³-hybridized carbons (Fsp3) is 0.333. The van der Waals surface area contributed by atoms with Gasteiger partial charge in [0, 0.05) is 12.5 Å². The van der Waals surface area contributed by atoms with Crippen LogP contribution in [0.1, 0.15) is 35.6 Å². The molecule has 4 atom stereocenters. The van der Waals surface area contributed by atoms with Gasteiger partial charge in [-0.05, 0) is 24.1 Å². The smallest absolute Gasteiger partial charge is 0.219 e. The molecule has 7 nitrogen and oxygen atoms in total. The number of nitriles is 3. The maximum Gasteiger partial charge on any atom is 0.219 e. The van der Waals surface area contributed by atoms with Crippen molar-refractivity contribution in [2.45, 2.75) is 31.7 Å². The predicted molar refractivity (Wildman–Crippen MR) is 110 cm³/mol. The van der Waals surface area contributed by atoms with Gasteiger partial charge in [0.25, 0.3) is 0 Å². The Morgan fingerprint density at radius 1 is 0.968 bits per heavy atom. The minimum absolute atomic E-state index is 0.451. The number of nitrogens with zero attached hydrogens (tertiary/aromatic N) is 3. The van der Waals surface area contributed by atoms with Crippen LogP contribution in [0.25, 0.3) is 0 Å². The van der Waals surface area contributed by atoms with E-state index in [-0.39, 0.29) is 0 Å². The van der Waals surface area contributed by atoms with Crippen molar-refractivity contribution in [1.29, 1.82) is 21.2 Å². The monoisotopic (exact) mass is 412 g/mol. The van der Waals surface area contributed by atoms with Crippen LogP contribution in [0.3, 0.4) is 0 Å². The van der Waals surface area contributed by atoms with Gasteiger partial charge in [-0.2, -0.15) is 15.8 Å². The summed E-state index contributed by atoms with van der Waals surface area (Å²) in [6.07, 6.45) is -1.10. The Morgan fingerprint density at radius 3 is 2.16 bits per heavy atom. The van der Waals surface area contributed by atoms with Gasteiger partial charge >= 0.3 is 0 Å². The van der Waals surface area contributed by atoms with Crippen LogP contribution in [-0.2, 0) is 9.47 Å². The molecule has 154 valence electrons. The first-order chi connectivity index (χ1) is 14.8. The Morgan fingerprint density at radius 2 is 1.58 bits per heavy atom. The fourth-order valence-corrected chi connectivity index (χ4v) is 5.01. The highest BCUT2D eigenvalue weighted by Crippen LogP contribution is 2.70. The molecular weight excluding hydrogens is 392 g/mol. The Labute approximate surface area is 180 Å². The van der Waals surface area contributed by atoms with Crippen molar-refractivity contribution in [1.82, 2.24) is 0 Å². The van der Waals surface area contributed by atoms with E-state index in [0.717, 1.165) is 5.56 Å². The number of methoxy groups -OCH3 is 1. The van der Waals surface area contributed by atoms with Crippen molar-refractivity contribution >= 4 is 5.90 Å². The molecule has 0 aliphatic carbocycles. The highest BCUT2D eigenvalue weighted by Gasteiger charge is 2.80. The second-order valence-corrected chi connectivity index (χ2v) is 7.93. The summed E-state index contributed by atoms with van der Waals surface area (Å²) in [6, 6.07) is 20.6. The summed E-state index contributed by atoms with van der Waals surface area (Å²) in [5.74, 6) is -2.40. The van der Waals surface area contributed by atoms with Crippen molar-refractivity contribution in [2.24, 2.45) is 10.8 Å². The third kappa shape index (κ3) is 2.37. The van der Waals surface area contributed by atoms with Gasteiger partial charge in [-0.25, -0.2) is 0 Å². The summed E-state index contributed by atoms with van der Waals surface area (Å²) in [7, 11) is 1.50. The average Bonchev–Trinajstić information content (AvgIpc) is 2.96. The second kappa shape index (κ2) is 6.84. The van der Waals surface area contributed by atoms with Crippen LogP contribution >= 0.6 is 0 Å². The molecule has 2 saturated heterocycles. The van der Waals surface area contributed by atoms with Crippen LogP contribution in [0.5, 0.6) is 5.75 Å². The molecule has 2 fully saturated rings. The lowest BCUT2D eigenvalue weighted by Gasteiger charge is -2.49. The number of rotatable bonds is 3. The Hall–Kier alpha value is -3.86. The molecular formula is C24H20N4O3. The van der Waals surface area contributed by atoms with Crippen molar-refractivity contribution in [3.05, 3.63) is 65.2 Å². The van der Waals surface area contributed by atoms with E-state index in [1.807, 2.05) is 19.1 Å². The highest BCUT2D eigenvalue weighted by atomic mass is 16.7. The lowest BCUT2D eigenvalue weighted by atomic mass is 9.52. The van der Waals surface area contributed by atoms with Gasteiger partial charge in [0.2, 0.25) is 17.1 Å². The molecule has 0 amide bonds. The summed E-state index contributed by atoms with van der Waals surface area (Å²) in [5, 5.41) is 39.9. The SMILES string of the molecule is COc1ccccc1C1C2(C)OC(=N)C1(C#N)C(C#N)(C#N)C(c1ccccc1C)O2. The molecule has 0 spiro atoms. The third-order valence-electron chi connectivity index (χ3n) is 6.44. The average molecular weight is 412 g/mol. The minimum Gasteiger partial charge on any atom is -0.496 e. The molecule has 0 saturated carbocycles. The van der Waals surface area contributed by atoms with E-state index >= 15 is 0 Å². The van der Waals surface area contributed by atoms with Crippen LogP contribution < -0.4 is 4.74 Å². The maximum atomic E-state index is 10.5. The first-order valence-corrected chi connectivity index (χ1v) is 9.73.